The van der Waals surface area contributed by atoms with Crippen LogP contribution in [0.5, 0.6) is 11.6 Å². The first kappa shape index (κ1) is 17.4. The van der Waals surface area contributed by atoms with Gasteiger partial charge in [-0.1, -0.05) is 18.2 Å². The van der Waals surface area contributed by atoms with E-state index >= 15 is 0 Å². The minimum absolute atomic E-state index is 0.0531. The van der Waals surface area contributed by atoms with Crippen molar-refractivity contribution in [2.24, 2.45) is 0 Å². The molecule has 0 bridgehead atoms. The first-order valence-electron chi connectivity index (χ1n) is 8.04. The first-order chi connectivity index (χ1) is 12.2. The average molecular weight is 350 g/mol. The Morgan fingerprint density at radius 1 is 1.20 bits per heavy atom. The van der Waals surface area contributed by atoms with Crippen LogP contribution in [-0.2, 0) is 4.74 Å². The summed E-state index contributed by atoms with van der Waals surface area (Å²) in [5, 5.41) is 0. The SMILES string of the molecule is COc1ccc(O[C@H]2C[C@@H](COC(F)F)N(c3ccccc3)C2)nc1. The number of alkyl halides is 2. The van der Waals surface area contributed by atoms with Gasteiger partial charge in [0, 0.05) is 18.2 Å². The second-order valence-corrected chi connectivity index (χ2v) is 5.75. The van der Waals surface area contributed by atoms with Crippen LogP contribution in [0.1, 0.15) is 6.42 Å². The molecule has 0 N–H and O–H groups in total. The highest BCUT2D eigenvalue weighted by Gasteiger charge is 2.34. The van der Waals surface area contributed by atoms with Crippen molar-refractivity contribution in [2.45, 2.75) is 25.2 Å². The molecule has 3 rings (SSSR count). The molecular formula is C18H20F2N2O3. The van der Waals surface area contributed by atoms with Crippen molar-refractivity contribution in [1.29, 1.82) is 0 Å². The van der Waals surface area contributed by atoms with Gasteiger partial charge in [0.05, 0.1) is 32.5 Å². The quantitative estimate of drug-likeness (QED) is 0.766. The number of pyridine rings is 1. The van der Waals surface area contributed by atoms with Crippen LogP contribution in [0.3, 0.4) is 0 Å². The summed E-state index contributed by atoms with van der Waals surface area (Å²) in [5.74, 6) is 1.13. The van der Waals surface area contributed by atoms with E-state index in [2.05, 4.69) is 9.72 Å². The number of nitrogens with zero attached hydrogens (tertiary/aromatic N) is 2. The number of para-hydroxylation sites is 1. The Labute approximate surface area is 145 Å². The normalized spacial score (nSPS) is 20.1. The summed E-state index contributed by atoms with van der Waals surface area (Å²) in [6.07, 6.45) is 2.00. The smallest absolute Gasteiger partial charge is 0.345 e. The van der Waals surface area contributed by atoms with Crippen LogP contribution in [-0.4, -0.2) is 44.0 Å². The summed E-state index contributed by atoms with van der Waals surface area (Å²) in [7, 11) is 1.57. The van der Waals surface area contributed by atoms with Gasteiger partial charge in [-0.05, 0) is 18.2 Å². The van der Waals surface area contributed by atoms with Crippen LogP contribution in [0.25, 0.3) is 0 Å². The highest BCUT2D eigenvalue weighted by molar-refractivity contribution is 5.48. The van der Waals surface area contributed by atoms with E-state index in [1.165, 1.54) is 0 Å². The number of ether oxygens (including phenoxy) is 3. The largest absolute Gasteiger partial charge is 0.495 e. The van der Waals surface area contributed by atoms with Crippen LogP contribution in [0.2, 0.25) is 0 Å². The fourth-order valence-corrected chi connectivity index (χ4v) is 2.96. The lowest BCUT2D eigenvalue weighted by atomic mass is 10.2. The average Bonchev–Trinajstić information content (AvgIpc) is 3.04. The molecule has 2 heterocycles. The lowest BCUT2D eigenvalue weighted by Gasteiger charge is -2.26. The number of halogens is 2. The Balaban J connectivity index is 1.69. The molecule has 7 heteroatoms. The molecule has 0 amide bonds. The van der Waals surface area contributed by atoms with Crippen molar-refractivity contribution >= 4 is 5.69 Å². The second-order valence-electron chi connectivity index (χ2n) is 5.75. The zero-order valence-electron chi connectivity index (χ0n) is 13.8. The second kappa shape index (κ2) is 8.11. The van der Waals surface area contributed by atoms with Gasteiger partial charge in [-0.2, -0.15) is 8.78 Å². The number of anilines is 1. The minimum Gasteiger partial charge on any atom is -0.495 e. The van der Waals surface area contributed by atoms with Crippen LogP contribution >= 0.6 is 0 Å². The van der Waals surface area contributed by atoms with Crippen molar-refractivity contribution in [2.75, 3.05) is 25.2 Å². The van der Waals surface area contributed by atoms with Gasteiger partial charge in [0.25, 0.3) is 0 Å². The fourth-order valence-electron chi connectivity index (χ4n) is 2.96. The van der Waals surface area contributed by atoms with Crippen LogP contribution in [0.4, 0.5) is 14.5 Å². The lowest BCUT2D eigenvalue weighted by Crippen LogP contribution is -2.34. The molecule has 0 aliphatic carbocycles. The molecule has 25 heavy (non-hydrogen) atoms. The summed E-state index contributed by atoms with van der Waals surface area (Å²) in [6, 6.07) is 13.0. The van der Waals surface area contributed by atoms with Gasteiger partial charge in [0.15, 0.2) is 0 Å². The molecule has 1 aromatic carbocycles. The Kier molecular flexibility index (Phi) is 5.65. The predicted octanol–water partition coefficient (Wildman–Crippen LogP) is 3.36. The number of hydrogen-bond acceptors (Lipinski definition) is 5. The number of hydrogen-bond donors (Lipinski definition) is 0. The zero-order chi connectivity index (χ0) is 17.6. The molecule has 1 aliphatic rings. The monoisotopic (exact) mass is 350 g/mol. The van der Waals surface area contributed by atoms with E-state index in [0.29, 0.717) is 24.6 Å². The highest BCUT2D eigenvalue weighted by Crippen LogP contribution is 2.28. The van der Waals surface area contributed by atoms with Gasteiger partial charge in [-0.15, -0.1) is 0 Å². The third-order valence-electron chi connectivity index (χ3n) is 4.11. The maximum Gasteiger partial charge on any atom is 0.345 e. The molecule has 0 radical (unpaired) electrons. The van der Waals surface area contributed by atoms with Gasteiger partial charge < -0.3 is 19.1 Å². The molecule has 2 aromatic rings. The number of rotatable bonds is 7. The van der Waals surface area contributed by atoms with Gasteiger partial charge in [-0.25, -0.2) is 4.98 Å². The summed E-state index contributed by atoms with van der Waals surface area (Å²) in [4.78, 5) is 6.23. The van der Waals surface area contributed by atoms with Crippen molar-refractivity contribution in [3.63, 3.8) is 0 Å². The lowest BCUT2D eigenvalue weighted by molar-refractivity contribution is -0.131. The maximum absolute atomic E-state index is 12.4. The summed E-state index contributed by atoms with van der Waals surface area (Å²) >= 11 is 0. The molecule has 0 saturated carbocycles. The Morgan fingerprint density at radius 3 is 2.64 bits per heavy atom. The summed E-state index contributed by atoms with van der Waals surface area (Å²) in [6.45, 7) is -2.25. The van der Waals surface area contributed by atoms with E-state index in [1.54, 1.807) is 25.4 Å². The van der Waals surface area contributed by atoms with Crippen LogP contribution in [0.15, 0.2) is 48.7 Å². The van der Waals surface area contributed by atoms with Gasteiger partial charge >= 0.3 is 6.61 Å². The third kappa shape index (κ3) is 4.57. The van der Waals surface area contributed by atoms with Crippen LogP contribution < -0.4 is 14.4 Å². The van der Waals surface area contributed by atoms with E-state index in [-0.39, 0.29) is 18.8 Å². The molecule has 0 spiro atoms. The van der Waals surface area contributed by atoms with Gasteiger partial charge in [-0.3, -0.25) is 0 Å². The number of methoxy groups -OCH3 is 1. The Morgan fingerprint density at radius 2 is 2.00 bits per heavy atom. The topological polar surface area (TPSA) is 43.8 Å². The van der Waals surface area contributed by atoms with E-state index in [0.717, 1.165) is 5.69 Å². The molecule has 0 unspecified atom stereocenters. The van der Waals surface area contributed by atoms with E-state index in [4.69, 9.17) is 9.47 Å². The van der Waals surface area contributed by atoms with Crippen molar-refractivity contribution in [3.05, 3.63) is 48.7 Å². The molecular weight excluding hydrogens is 330 g/mol. The standard InChI is InChI=1S/C18H20F2N2O3/c1-23-15-7-8-17(21-10-15)25-16-9-14(12-24-18(19)20)22(11-16)13-5-3-2-4-6-13/h2-8,10,14,16,18H,9,11-12H2,1H3/t14-,16-/m0/s1. The van der Waals surface area contributed by atoms with Crippen molar-refractivity contribution < 1.29 is 23.0 Å². The number of benzene rings is 1. The van der Waals surface area contributed by atoms with E-state index in [9.17, 15) is 8.78 Å². The molecule has 1 aliphatic heterocycles. The highest BCUT2D eigenvalue weighted by atomic mass is 19.3. The summed E-state index contributed by atoms with van der Waals surface area (Å²) in [5.41, 5.74) is 0.958. The Bertz CT molecular complexity index is 655. The first-order valence-corrected chi connectivity index (χ1v) is 8.04. The summed E-state index contributed by atoms with van der Waals surface area (Å²) < 4.78 is 40.4. The third-order valence-corrected chi connectivity index (χ3v) is 4.11. The molecule has 1 saturated heterocycles. The molecule has 1 fully saturated rings. The predicted molar refractivity (Wildman–Crippen MR) is 89.4 cm³/mol. The molecule has 134 valence electrons. The van der Waals surface area contributed by atoms with Gasteiger partial charge in [0.1, 0.15) is 11.9 Å². The maximum atomic E-state index is 12.4. The van der Waals surface area contributed by atoms with Crippen molar-refractivity contribution in [1.82, 2.24) is 4.98 Å². The van der Waals surface area contributed by atoms with Gasteiger partial charge in [0.2, 0.25) is 5.88 Å². The number of aromatic nitrogens is 1. The molecule has 1 aromatic heterocycles. The van der Waals surface area contributed by atoms with Crippen LogP contribution in [0, 0.1) is 0 Å². The van der Waals surface area contributed by atoms with E-state index in [1.807, 2.05) is 35.2 Å². The molecule has 2 atom stereocenters. The van der Waals surface area contributed by atoms with E-state index < -0.39 is 6.61 Å². The minimum atomic E-state index is -2.78. The fraction of sp³-hybridized carbons (Fsp3) is 0.389. The zero-order valence-corrected chi connectivity index (χ0v) is 13.8. The Hall–Kier alpha value is -2.41. The molecule has 5 nitrogen and oxygen atoms in total. The van der Waals surface area contributed by atoms with Crippen molar-refractivity contribution in [3.8, 4) is 11.6 Å².